The van der Waals surface area contributed by atoms with Crippen molar-refractivity contribution in [2.24, 2.45) is 0 Å². The van der Waals surface area contributed by atoms with Crippen LogP contribution in [0.4, 0.5) is 0 Å². The van der Waals surface area contributed by atoms with E-state index in [0.717, 1.165) is 12.8 Å². The summed E-state index contributed by atoms with van der Waals surface area (Å²) in [6.45, 7) is 5.57. The van der Waals surface area contributed by atoms with Gasteiger partial charge >= 0.3 is 5.97 Å². The highest BCUT2D eigenvalue weighted by Gasteiger charge is 2.38. The van der Waals surface area contributed by atoms with Crippen LogP contribution >= 0.6 is 0 Å². The van der Waals surface area contributed by atoms with Crippen molar-refractivity contribution < 1.29 is 9.53 Å². The summed E-state index contributed by atoms with van der Waals surface area (Å²) in [6, 6.07) is 0.504. The first kappa shape index (κ1) is 11.2. The van der Waals surface area contributed by atoms with Gasteiger partial charge in [0.1, 0.15) is 5.54 Å². The molecule has 0 saturated heterocycles. The maximum atomic E-state index is 11.6. The van der Waals surface area contributed by atoms with Gasteiger partial charge in [-0.05, 0) is 32.6 Å². The van der Waals surface area contributed by atoms with Crippen LogP contribution in [0, 0.1) is 0 Å². The lowest BCUT2D eigenvalue weighted by atomic mass is 9.95. The average Bonchev–Trinajstić information content (AvgIpc) is 2.97. The summed E-state index contributed by atoms with van der Waals surface area (Å²) < 4.78 is 4.81. The largest absolute Gasteiger partial charge is 0.468 e. The lowest BCUT2D eigenvalue weighted by molar-refractivity contribution is -0.148. The van der Waals surface area contributed by atoms with Gasteiger partial charge in [-0.2, -0.15) is 0 Å². The maximum absolute atomic E-state index is 11.6. The number of methoxy groups -OCH3 is 1. The number of allylic oxidation sites excluding steroid dienone is 1. The molecule has 0 heterocycles. The Kier molecular flexibility index (Phi) is 3.69. The molecule has 80 valence electrons. The van der Waals surface area contributed by atoms with Crippen LogP contribution in [-0.2, 0) is 9.53 Å². The third kappa shape index (κ3) is 2.84. The molecule has 1 N–H and O–H groups in total. The fourth-order valence-corrected chi connectivity index (χ4v) is 1.53. The molecule has 1 aliphatic carbocycles. The van der Waals surface area contributed by atoms with Crippen LogP contribution in [0.25, 0.3) is 0 Å². The van der Waals surface area contributed by atoms with E-state index in [-0.39, 0.29) is 5.97 Å². The number of hydrogen-bond acceptors (Lipinski definition) is 3. The summed E-state index contributed by atoms with van der Waals surface area (Å²) >= 11 is 0. The topological polar surface area (TPSA) is 38.3 Å². The fourth-order valence-electron chi connectivity index (χ4n) is 1.53. The van der Waals surface area contributed by atoms with Gasteiger partial charge in [-0.25, -0.2) is 0 Å². The quantitative estimate of drug-likeness (QED) is 0.519. The van der Waals surface area contributed by atoms with Gasteiger partial charge in [-0.1, -0.05) is 6.08 Å². The van der Waals surface area contributed by atoms with Crippen LogP contribution in [0.1, 0.15) is 32.6 Å². The van der Waals surface area contributed by atoms with Crippen LogP contribution < -0.4 is 5.32 Å². The zero-order chi connectivity index (χ0) is 10.6. The second-order valence-electron chi connectivity index (χ2n) is 4.07. The van der Waals surface area contributed by atoms with Crippen molar-refractivity contribution in [2.75, 3.05) is 7.11 Å². The molecule has 1 saturated carbocycles. The van der Waals surface area contributed by atoms with Crippen LogP contribution in [0.15, 0.2) is 12.7 Å². The molecule has 1 aliphatic rings. The van der Waals surface area contributed by atoms with E-state index >= 15 is 0 Å². The van der Waals surface area contributed by atoms with Crippen molar-refractivity contribution >= 4 is 5.97 Å². The average molecular weight is 197 g/mol. The van der Waals surface area contributed by atoms with E-state index in [0.29, 0.717) is 6.04 Å². The minimum Gasteiger partial charge on any atom is -0.468 e. The van der Waals surface area contributed by atoms with Crippen molar-refractivity contribution in [2.45, 2.75) is 44.2 Å². The molecule has 3 heteroatoms. The first-order valence-electron chi connectivity index (χ1n) is 5.09. The Morgan fingerprint density at radius 1 is 1.71 bits per heavy atom. The van der Waals surface area contributed by atoms with E-state index in [1.54, 1.807) is 0 Å². The first-order chi connectivity index (χ1) is 6.62. The SMILES string of the molecule is C=CCCC(C)(NC1CC1)C(=O)OC. The number of hydrogen-bond donors (Lipinski definition) is 1. The molecule has 0 bridgehead atoms. The van der Waals surface area contributed by atoms with E-state index < -0.39 is 5.54 Å². The Balaban J connectivity index is 2.55. The summed E-state index contributed by atoms with van der Waals surface area (Å²) in [5.41, 5.74) is -0.538. The van der Waals surface area contributed by atoms with Crippen LogP contribution in [0.5, 0.6) is 0 Å². The van der Waals surface area contributed by atoms with Gasteiger partial charge in [0.15, 0.2) is 0 Å². The first-order valence-corrected chi connectivity index (χ1v) is 5.09. The Hall–Kier alpha value is -0.830. The van der Waals surface area contributed by atoms with E-state index in [1.165, 1.54) is 20.0 Å². The second kappa shape index (κ2) is 4.60. The number of esters is 1. The highest BCUT2D eigenvalue weighted by Crippen LogP contribution is 2.25. The van der Waals surface area contributed by atoms with E-state index in [1.807, 2.05) is 13.0 Å². The molecule has 0 spiro atoms. The van der Waals surface area contributed by atoms with Gasteiger partial charge in [0, 0.05) is 6.04 Å². The second-order valence-corrected chi connectivity index (χ2v) is 4.07. The monoisotopic (exact) mass is 197 g/mol. The molecular formula is C11H19NO2. The maximum Gasteiger partial charge on any atom is 0.325 e. The summed E-state index contributed by atoms with van der Waals surface area (Å²) in [5, 5.41) is 3.33. The molecule has 0 aliphatic heterocycles. The molecule has 3 nitrogen and oxygen atoms in total. The van der Waals surface area contributed by atoms with Gasteiger partial charge < -0.3 is 4.74 Å². The Morgan fingerprint density at radius 3 is 2.79 bits per heavy atom. The number of ether oxygens (including phenoxy) is 1. The number of carbonyl (C=O) groups is 1. The zero-order valence-corrected chi connectivity index (χ0v) is 9.01. The van der Waals surface area contributed by atoms with Crippen LogP contribution in [0.2, 0.25) is 0 Å². The summed E-state index contributed by atoms with van der Waals surface area (Å²) in [5.74, 6) is -0.175. The van der Waals surface area contributed by atoms with Crippen molar-refractivity contribution in [3.63, 3.8) is 0 Å². The molecule has 0 aromatic heterocycles. The van der Waals surface area contributed by atoms with E-state index in [4.69, 9.17) is 4.74 Å². The highest BCUT2D eigenvalue weighted by atomic mass is 16.5. The number of rotatable bonds is 6. The minimum atomic E-state index is -0.538. The van der Waals surface area contributed by atoms with E-state index in [2.05, 4.69) is 11.9 Å². The zero-order valence-electron chi connectivity index (χ0n) is 9.01. The van der Waals surface area contributed by atoms with Crippen LogP contribution in [-0.4, -0.2) is 24.7 Å². The molecule has 0 aromatic carbocycles. The number of carbonyl (C=O) groups excluding carboxylic acids is 1. The summed E-state index contributed by atoms with van der Waals surface area (Å²) in [6.07, 6.45) is 5.74. The minimum absolute atomic E-state index is 0.175. The van der Waals surface area contributed by atoms with Gasteiger partial charge in [0.2, 0.25) is 0 Å². The third-order valence-corrected chi connectivity index (χ3v) is 2.58. The van der Waals surface area contributed by atoms with Gasteiger partial charge in [0.05, 0.1) is 7.11 Å². The molecule has 1 rings (SSSR count). The van der Waals surface area contributed by atoms with Crippen molar-refractivity contribution in [3.8, 4) is 0 Å². The van der Waals surface area contributed by atoms with Crippen molar-refractivity contribution in [1.29, 1.82) is 0 Å². The highest BCUT2D eigenvalue weighted by molar-refractivity contribution is 5.80. The number of nitrogens with one attached hydrogen (secondary N) is 1. The molecule has 1 fully saturated rings. The smallest absolute Gasteiger partial charge is 0.325 e. The molecule has 1 unspecified atom stereocenters. The van der Waals surface area contributed by atoms with Crippen molar-refractivity contribution in [3.05, 3.63) is 12.7 Å². The van der Waals surface area contributed by atoms with Crippen LogP contribution in [0.3, 0.4) is 0 Å². The standard InChI is InChI=1S/C11H19NO2/c1-4-5-8-11(2,10(13)14-3)12-9-6-7-9/h4,9,12H,1,5-8H2,2-3H3. The molecule has 1 atom stereocenters. The summed E-state index contributed by atoms with van der Waals surface area (Å²) in [7, 11) is 1.43. The predicted molar refractivity (Wildman–Crippen MR) is 56.0 cm³/mol. The normalized spacial score (nSPS) is 19.9. The lowest BCUT2D eigenvalue weighted by Crippen LogP contribution is -2.51. The Bertz CT molecular complexity index is 223. The predicted octanol–water partition coefficient (Wildman–Crippen LogP) is 1.64. The third-order valence-electron chi connectivity index (χ3n) is 2.58. The fraction of sp³-hybridized carbons (Fsp3) is 0.727. The van der Waals surface area contributed by atoms with Gasteiger partial charge in [-0.15, -0.1) is 6.58 Å². The Morgan fingerprint density at radius 2 is 2.36 bits per heavy atom. The van der Waals surface area contributed by atoms with Gasteiger partial charge in [-0.3, -0.25) is 10.1 Å². The molecular weight excluding hydrogens is 178 g/mol. The molecule has 0 amide bonds. The molecule has 0 radical (unpaired) electrons. The van der Waals surface area contributed by atoms with E-state index in [9.17, 15) is 4.79 Å². The molecule has 0 aromatic rings. The lowest BCUT2D eigenvalue weighted by Gasteiger charge is -2.27. The van der Waals surface area contributed by atoms with Crippen molar-refractivity contribution in [1.82, 2.24) is 5.32 Å². The van der Waals surface area contributed by atoms with Gasteiger partial charge in [0.25, 0.3) is 0 Å². The molecule has 14 heavy (non-hydrogen) atoms. The Labute approximate surface area is 85.5 Å². The summed E-state index contributed by atoms with van der Waals surface area (Å²) in [4.78, 5) is 11.6.